The van der Waals surface area contributed by atoms with Crippen LogP contribution in [0, 0.1) is 0 Å². The van der Waals surface area contributed by atoms with Crippen molar-refractivity contribution >= 4 is 35.2 Å². The average Bonchev–Trinajstić information content (AvgIpc) is 2.05. The van der Waals surface area contributed by atoms with E-state index in [1.54, 1.807) is 0 Å². The summed E-state index contributed by atoms with van der Waals surface area (Å²) in [5, 5.41) is 8.84. The Hall–Kier alpha value is 0.468. The number of rotatable bonds is 9. The van der Waals surface area contributed by atoms with E-state index in [9.17, 15) is 28.8 Å². The Morgan fingerprint density at radius 1 is 0.700 bits per heavy atom. The van der Waals surface area contributed by atoms with Gasteiger partial charge in [-0.05, 0) is 6.42 Å². The van der Waals surface area contributed by atoms with Crippen molar-refractivity contribution < 1.29 is 46.2 Å². The zero-order valence-electron chi connectivity index (χ0n) is 11.5. The standard InChI is InChI=1S/C6H22O10Si4/c1-17(8,9)14-20(6-4-5-7,15-18(2,10)11)16-19(3,12)13/h7-13H,4-6H2,1-3H3. The smallest absolute Gasteiger partial charge is 0.396 e. The van der Waals surface area contributed by atoms with Crippen LogP contribution in [0.15, 0.2) is 0 Å². The summed E-state index contributed by atoms with van der Waals surface area (Å²) in [6.45, 7) is 2.55. The molecule has 0 saturated carbocycles. The van der Waals surface area contributed by atoms with Crippen molar-refractivity contribution in [1.29, 1.82) is 0 Å². The summed E-state index contributed by atoms with van der Waals surface area (Å²) in [5.41, 5.74) is 0. The summed E-state index contributed by atoms with van der Waals surface area (Å²) in [4.78, 5) is 56.6. The Morgan fingerprint density at radius 3 is 1.20 bits per heavy atom. The van der Waals surface area contributed by atoms with Crippen LogP contribution < -0.4 is 0 Å². The van der Waals surface area contributed by atoms with Crippen LogP contribution >= 0.6 is 0 Å². The van der Waals surface area contributed by atoms with Gasteiger partial charge in [0.05, 0.1) is 0 Å². The van der Waals surface area contributed by atoms with E-state index in [1.165, 1.54) is 0 Å². The van der Waals surface area contributed by atoms with Gasteiger partial charge in [-0.1, -0.05) is 0 Å². The predicted octanol–water partition coefficient (Wildman–Crippen LogP) is -2.98. The van der Waals surface area contributed by atoms with Crippen molar-refractivity contribution in [2.24, 2.45) is 0 Å². The minimum absolute atomic E-state index is 0.0195. The molecule has 7 N–H and O–H groups in total. The molecule has 0 spiro atoms. The van der Waals surface area contributed by atoms with Crippen molar-refractivity contribution in [1.82, 2.24) is 0 Å². The number of hydrogen-bond acceptors (Lipinski definition) is 10. The monoisotopic (exact) mass is 366 g/mol. The van der Waals surface area contributed by atoms with Gasteiger partial charge in [0.1, 0.15) is 0 Å². The van der Waals surface area contributed by atoms with Gasteiger partial charge in [0.2, 0.25) is 0 Å². The fourth-order valence-corrected chi connectivity index (χ4v) is 11.9. The van der Waals surface area contributed by atoms with Gasteiger partial charge in [0.15, 0.2) is 0 Å². The third-order valence-electron chi connectivity index (χ3n) is 1.69. The van der Waals surface area contributed by atoms with Crippen LogP contribution in [-0.2, 0) is 12.3 Å². The first-order chi connectivity index (χ1) is 8.68. The summed E-state index contributed by atoms with van der Waals surface area (Å²) >= 11 is 0. The maximum Gasteiger partial charge on any atom is 0.484 e. The van der Waals surface area contributed by atoms with E-state index in [0.717, 1.165) is 19.6 Å². The van der Waals surface area contributed by atoms with Crippen LogP contribution in [0.3, 0.4) is 0 Å². The fourth-order valence-electron chi connectivity index (χ4n) is 1.39. The molecule has 0 aromatic carbocycles. The number of aliphatic hydroxyl groups excluding tert-OH is 1. The highest BCUT2D eigenvalue weighted by Gasteiger charge is 2.55. The van der Waals surface area contributed by atoms with Crippen LogP contribution in [0.4, 0.5) is 0 Å². The van der Waals surface area contributed by atoms with E-state index >= 15 is 0 Å². The summed E-state index contributed by atoms with van der Waals surface area (Å²) in [6, 6.07) is -0.235. The molecule has 0 heterocycles. The van der Waals surface area contributed by atoms with Gasteiger partial charge in [-0.15, -0.1) is 0 Å². The summed E-state index contributed by atoms with van der Waals surface area (Å²) in [7, 11) is -16.8. The molecule has 0 aliphatic heterocycles. The molecule has 20 heavy (non-hydrogen) atoms. The second kappa shape index (κ2) is 7.15. The average molecular weight is 367 g/mol. The third kappa shape index (κ3) is 10.2. The lowest BCUT2D eigenvalue weighted by molar-refractivity contribution is 0.106. The van der Waals surface area contributed by atoms with Gasteiger partial charge in [-0.25, -0.2) is 0 Å². The number of hydrogen-bond donors (Lipinski definition) is 7. The van der Waals surface area contributed by atoms with E-state index in [2.05, 4.69) is 0 Å². The van der Waals surface area contributed by atoms with Crippen molar-refractivity contribution in [3.05, 3.63) is 0 Å². The molecule has 0 amide bonds. The molecular formula is C6H22O10Si4. The Balaban J connectivity index is 5.38. The van der Waals surface area contributed by atoms with Crippen molar-refractivity contribution in [2.75, 3.05) is 6.61 Å². The second-order valence-corrected chi connectivity index (χ2v) is 14.5. The topological polar surface area (TPSA) is 169 Å². The Morgan fingerprint density at radius 2 is 1.00 bits per heavy atom. The SMILES string of the molecule is C[Si](O)(O)O[Si](CCCO)(O[Si](C)(O)O)O[Si](C)(O)O. The van der Waals surface area contributed by atoms with E-state index in [4.69, 9.17) is 17.5 Å². The van der Waals surface area contributed by atoms with Gasteiger partial charge in [-0.3, -0.25) is 0 Å². The molecule has 10 nitrogen and oxygen atoms in total. The lowest BCUT2D eigenvalue weighted by atomic mass is 10.5. The zero-order valence-corrected chi connectivity index (χ0v) is 15.5. The normalized spacial score (nSPS) is 14.7. The molecule has 0 aromatic rings. The molecule has 0 aliphatic rings. The molecular weight excluding hydrogens is 344 g/mol. The first-order valence-corrected chi connectivity index (χ1v) is 14.6. The quantitative estimate of drug-likeness (QED) is 0.209. The highest BCUT2D eigenvalue weighted by Crippen LogP contribution is 2.25. The first-order valence-electron chi connectivity index (χ1n) is 5.74. The maximum atomic E-state index is 9.44. The molecule has 0 rings (SSSR count). The zero-order chi connectivity index (χ0) is 16.2. The molecule has 0 atom stereocenters. The first kappa shape index (κ1) is 20.5. The molecule has 0 fully saturated rings. The highest BCUT2D eigenvalue weighted by molar-refractivity contribution is 6.83. The largest absolute Gasteiger partial charge is 0.484 e. The van der Waals surface area contributed by atoms with Gasteiger partial charge < -0.3 is 46.2 Å². The third-order valence-corrected chi connectivity index (χ3v) is 11.0. The van der Waals surface area contributed by atoms with Crippen LogP contribution in [0.2, 0.25) is 25.7 Å². The Labute approximate surface area is 120 Å². The second-order valence-electron chi connectivity index (χ2n) is 4.62. The summed E-state index contributed by atoms with van der Waals surface area (Å²) < 4.78 is 14.8. The van der Waals surface area contributed by atoms with Crippen molar-refractivity contribution in [3.63, 3.8) is 0 Å². The lowest BCUT2D eigenvalue weighted by Crippen LogP contribution is -2.64. The van der Waals surface area contributed by atoms with E-state index in [1.807, 2.05) is 0 Å². The molecule has 0 bridgehead atoms. The van der Waals surface area contributed by atoms with Crippen LogP contribution in [0.5, 0.6) is 0 Å². The minimum atomic E-state index is -4.21. The van der Waals surface area contributed by atoms with Crippen LogP contribution in [0.1, 0.15) is 6.42 Å². The molecule has 0 radical (unpaired) electrons. The highest BCUT2D eigenvalue weighted by atomic mass is 28.5. The minimum Gasteiger partial charge on any atom is -0.396 e. The molecule has 14 heteroatoms. The van der Waals surface area contributed by atoms with Crippen molar-refractivity contribution in [3.8, 4) is 0 Å². The van der Waals surface area contributed by atoms with E-state index in [0.29, 0.717) is 0 Å². The van der Waals surface area contributed by atoms with Gasteiger partial charge in [0.25, 0.3) is 0 Å². The van der Waals surface area contributed by atoms with E-state index in [-0.39, 0.29) is 19.1 Å². The van der Waals surface area contributed by atoms with Gasteiger partial charge in [-0.2, -0.15) is 0 Å². The Bertz CT molecular complexity index is 253. The lowest BCUT2D eigenvalue weighted by Gasteiger charge is -2.37. The molecule has 122 valence electrons. The maximum absolute atomic E-state index is 9.44. The summed E-state index contributed by atoms with van der Waals surface area (Å²) in [5.74, 6) is 0. The molecule has 0 saturated heterocycles. The van der Waals surface area contributed by atoms with Crippen LogP contribution in [-0.4, -0.2) is 75.7 Å². The Kier molecular flexibility index (Phi) is 7.32. The van der Waals surface area contributed by atoms with Crippen molar-refractivity contribution in [2.45, 2.75) is 32.1 Å². The fraction of sp³-hybridized carbons (Fsp3) is 1.00. The molecule has 0 unspecified atom stereocenters. The molecule has 0 aliphatic carbocycles. The summed E-state index contributed by atoms with van der Waals surface area (Å²) in [6.07, 6.45) is 0.0195. The van der Waals surface area contributed by atoms with Gasteiger partial charge >= 0.3 is 35.2 Å². The van der Waals surface area contributed by atoms with Crippen LogP contribution in [0.25, 0.3) is 0 Å². The number of aliphatic hydroxyl groups is 1. The van der Waals surface area contributed by atoms with Gasteiger partial charge in [0, 0.05) is 32.3 Å². The predicted molar refractivity (Wildman–Crippen MR) is 73.7 cm³/mol. The molecule has 0 aromatic heterocycles. The van der Waals surface area contributed by atoms with E-state index < -0.39 is 35.2 Å².